The second kappa shape index (κ2) is 3.56. The number of aryl methyl sites for hydroxylation is 1. The molecule has 17 heavy (non-hydrogen) atoms. The quantitative estimate of drug-likeness (QED) is 0.813. The number of hydrogen-bond donors (Lipinski definition) is 1. The van der Waals surface area contributed by atoms with Gasteiger partial charge in [0.2, 0.25) is 6.79 Å². The lowest BCUT2D eigenvalue weighted by Gasteiger charge is -2.00. The summed E-state index contributed by atoms with van der Waals surface area (Å²) >= 11 is 0. The van der Waals surface area contributed by atoms with E-state index in [2.05, 4.69) is 11.1 Å². The predicted octanol–water partition coefficient (Wildman–Crippen LogP) is 2.59. The van der Waals surface area contributed by atoms with Gasteiger partial charge in [0.15, 0.2) is 11.5 Å². The fourth-order valence-electron chi connectivity index (χ4n) is 1.89. The van der Waals surface area contributed by atoms with Crippen molar-refractivity contribution < 1.29 is 9.47 Å². The lowest BCUT2D eigenvalue weighted by molar-refractivity contribution is 0.174. The maximum absolute atomic E-state index is 8.92. The molecule has 0 fully saturated rings. The number of H-pyrrole nitrogens is 1. The van der Waals surface area contributed by atoms with Gasteiger partial charge in [-0.25, -0.2) is 0 Å². The van der Waals surface area contributed by atoms with Gasteiger partial charge < -0.3 is 14.5 Å². The topological polar surface area (TPSA) is 58.0 Å². The van der Waals surface area contributed by atoms with Gasteiger partial charge in [0.25, 0.3) is 0 Å². The molecule has 4 heteroatoms. The zero-order valence-corrected chi connectivity index (χ0v) is 9.28. The van der Waals surface area contributed by atoms with Gasteiger partial charge >= 0.3 is 0 Å². The SMILES string of the molecule is Cc1[nH]c(-c2ccc3c(c2)OCO3)cc1C#N. The summed E-state index contributed by atoms with van der Waals surface area (Å²) in [7, 11) is 0. The molecule has 2 heterocycles. The first-order chi connectivity index (χ1) is 8.28. The van der Waals surface area contributed by atoms with E-state index in [9.17, 15) is 0 Å². The van der Waals surface area contributed by atoms with Crippen LogP contribution in [-0.4, -0.2) is 11.8 Å². The summed E-state index contributed by atoms with van der Waals surface area (Å²) in [4.78, 5) is 3.18. The van der Waals surface area contributed by atoms with E-state index in [1.54, 1.807) is 0 Å². The highest BCUT2D eigenvalue weighted by Gasteiger charge is 2.15. The summed E-state index contributed by atoms with van der Waals surface area (Å²) in [6.07, 6.45) is 0. The van der Waals surface area contributed by atoms with E-state index in [0.717, 1.165) is 28.5 Å². The van der Waals surface area contributed by atoms with Crippen molar-refractivity contribution in [1.29, 1.82) is 5.26 Å². The molecule has 3 rings (SSSR count). The van der Waals surface area contributed by atoms with Crippen LogP contribution < -0.4 is 9.47 Å². The molecule has 0 atom stereocenters. The Bertz CT molecular complexity index is 623. The Labute approximate surface area is 98.4 Å². The van der Waals surface area contributed by atoms with Crippen molar-refractivity contribution in [3.8, 4) is 28.8 Å². The van der Waals surface area contributed by atoms with Crippen LogP contribution in [-0.2, 0) is 0 Å². The summed E-state index contributed by atoms with van der Waals surface area (Å²) in [6.45, 7) is 2.15. The van der Waals surface area contributed by atoms with E-state index >= 15 is 0 Å². The molecule has 1 N–H and O–H groups in total. The highest BCUT2D eigenvalue weighted by atomic mass is 16.7. The summed E-state index contributed by atoms with van der Waals surface area (Å²) in [5.74, 6) is 1.51. The average Bonchev–Trinajstić information content (AvgIpc) is 2.93. The van der Waals surface area contributed by atoms with Gasteiger partial charge in [0, 0.05) is 17.0 Å². The van der Waals surface area contributed by atoms with Crippen molar-refractivity contribution in [2.75, 3.05) is 6.79 Å². The molecule has 4 nitrogen and oxygen atoms in total. The lowest BCUT2D eigenvalue weighted by atomic mass is 10.1. The van der Waals surface area contributed by atoms with Crippen molar-refractivity contribution in [3.05, 3.63) is 35.5 Å². The minimum absolute atomic E-state index is 0.270. The molecule has 0 saturated heterocycles. The van der Waals surface area contributed by atoms with E-state index in [1.807, 2.05) is 31.2 Å². The Kier molecular flexibility index (Phi) is 2.05. The molecule has 1 aromatic carbocycles. The molecule has 0 saturated carbocycles. The van der Waals surface area contributed by atoms with Gasteiger partial charge in [-0.2, -0.15) is 5.26 Å². The van der Waals surface area contributed by atoms with Crippen LogP contribution in [0, 0.1) is 18.3 Å². The fraction of sp³-hybridized carbons (Fsp3) is 0.154. The first kappa shape index (κ1) is 9.79. The van der Waals surface area contributed by atoms with Gasteiger partial charge in [0.1, 0.15) is 6.07 Å². The van der Waals surface area contributed by atoms with Crippen molar-refractivity contribution >= 4 is 0 Å². The van der Waals surface area contributed by atoms with E-state index in [0.29, 0.717) is 5.56 Å². The Morgan fingerprint density at radius 3 is 2.82 bits per heavy atom. The third-order valence-electron chi connectivity index (χ3n) is 2.82. The van der Waals surface area contributed by atoms with Gasteiger partial charge in [-0.05, 0) is 31.2 Å². The van der Waals surface area contributed by atoms with Crippen LogP contribution >= 0.6 is 0 Å². The molecule has 2 aromatic rings. The number of rotatable bonds is 1. The van der Waals surface area contributed by atoms with Crippen LogP contribution in [0.3, 0.4) is 0 Å². The van der Waals surface area contributed by atoms with E-state index in [4.69, 9.17) is 14.7 Å². The van der Waals surface area contributed by atoms with Crippen LogP contribution in [0.25, 0.3) is 11.3 Å². The molecule has 1 aliphatic heterocycles. The molecule has 0 bridgehead atoms. The molecule has 0 radical (unpaired) electrons. The number of aromatic amines is 1. The largest absolute Gasteiger partial charge is 0.454 e. The van der Waals surface area contributed by atoms with Gasteiger partial charge in [-0.1, -0.05) is 0 Å². The second-order valence-electron chi connectivity index (χ2n) is 3.90. The van der Waals surface area contributed by atoms with E-state index in [-0.39, 0.29) is 6.79 Å². The van der Waals surface area contributed by atoms with Gasteiger partial charge in [-0.3, -0.25) is 0 Å². The molecule has 1 aliphatic rings. The monoisotopic (exact) mass is 226 g/mol. The fourth-order valence-corrected chi connectivity index (χ4v) is 1.89. The minimum Gasteiger partial charge on any atom is -0.454 e. The molecule has 1 aromatic heterocycles. The van der Waals surface area contributed by atoms with Crippen molar-refractivity contribution in [1.82, 2.24) is 4.98 Å². The number of fused-ring (bicyclic) bond motifs is 1. The Balaban J connectivity index is 2.07. The summed E-state index contributed by atoms with van der Waals surface area (Å²) in [5.41, 5.74) is 3.44. The number of benzene rings is 1. The number of aromatic nitrogens is 1. The molecule has 0 spiro atoms. The summed E-state index contributed by atoms with van der Waals surface area (Å²) < 4.78 is 10.6. The molecule has 0 aliphatic carbocycles. The number of nitriles is 1. The highest BCUT2D eigenvalue weighted by molar-refractivity contribution is 5.67. The zero-order chi connectivity index (χ0) is 11.8. The van der Waals surface area contributed by atoms with Gasteiger partial charge in [-0.15, -0.1) is 0 Å². The molecule has 0 unspecified atom stereocenters. The van der Waals surface area contributed by atoms with Crippen molar-refractivity contribution in [3.63, 3.8) is 0 Å². The Hall–Kier alpha value is -2.41. The van der Waals surface area contributed by atoms with Gasteiger partial charge in [0.05, 0.1) is 5.56 Å². The Morgan fingerprint density at radius 2 is 2.06 bits per heavy atom. The average molecular weight is 226 g/mol. The minimum atomic E-state index is 0.270. The second-order valence-corrected chi connectivity index (χ2v) is 3.90. The summed E-state index contributed by atoms with van der Waals surface area (Å²) in [6, 6.07) is 9.72. The van der Waals surface area contributed by atoms with Crippen molar-refractivity contribution in [2.45, 2.75) is 6.92 Å². The van der Waals surface area contributed by atoms with Crippen LogP contribution in [0.5, 0.6) is 11.5 Å². The highest BCUT2D eigenvalue weighted by Crippen LogP contribution is 2.35. The molecular formula is C13H10N2O2. The maximum atomic E-state index is 8.92. The first-order valence-corrected chi connectivity index (χ1v) is 5.27. The zero-order valence-electron chi connectivity index (χ0n) is 9.28. The molecule has 0 amide bonds. The number of hydrogen-bond acceptors (Lipinski definition) is 3. The lowest BCUT2D eigenvalue weighted by Crippen LogP contribution is -1.92. The third-order valence-corrected chi connectivity index (χ3v) is 2.82. The van der Waals surface area contributed by atoms with E-state index < -0.39 is 0 Å². The molecular weight excluding hydrogens is 216 g/mol. The van der Waals surface area contributed by atoms with Crippen LogP contribution in [0.4, 0.5) is 0 Å². The third kappa shape index (κ3) is 1.53. The predicted molar refractivity (Wildman–Crippen MR) is 61.8 cm³/mol. The first-order valence-electron chi connectivity index (χ1n) is 5.27. The number of ether oxygens (including phenoxy) is 2. The normalized spacial score (nSPS) is 12.5. The van der Waals surface area contributed by atoms with Crippen LogP contribution in [0.2, 0.25) is 0 Å². The summed E-state index contributed by atoms with van der Waals surface area (Å²) in [5, 5.41) is 8.92. The van der Waals surface area contributed by atoms with Crippen molar-refractivity contribution in [2.24, 2.45) is 0 Å². The van der Waals surface area contributed by atoms with Crippen LogP contribution in [0.15, 0.2) is 24.3 Å². The number of nitrogens with zero attached hydrogens (tertiary/aromatic N) is 1. The Morgan fingerprint density at radius 1 is 1.24 bits per heavy atom. The van der Waals surface area contributed by atoms with E-state index in [1.165, 1.54) is 0 Å². The molecule has 84 valence electrons. The smallest absolute Gasteiger partial charge is 0.231 e. The maximum Gasteiger partial charge on any atom is 0.231 e. The number of nitrogens with one attached hydrogen (secondary N) is 1. The van der Waals surface area contributed by atoms with Crippen LogP contribution in [0.1, 0.15) is 11.3 Å². The standard InChI is InChI=1S/C13H10N2O2/c1-8-10(6-14)4-11(15-8)9-2-3-12-13(5-9)17-7-16-12/h2-5,15H,7H2,1H3.